The molecule has 0 aliphatic heterocycles. The minimum absolute atomic E-state index is 0.0577. The van der Waals surface area contributed by atoms with Crippen LogP contribution in [0.5, 0.6) is 0 Å². The van der Waals surface area contributed by atoms with E-state index in [9.17, 15) is 18.0 Å². The summed E-state index contributed by atoms with van der Waals surface area (Å²) in [6.07, 6.45) is -3.09. The zero-order valence-electron chi connectivity index (χ0n) is 13.2. The molecule has 23 heavy (non-hydrogen) atoms. The van der Waals surface area contributed by atoms with E-state index in [0.29, 0.717) is 30.6 Å². The molecular weight excluding hydrogens is 307 g/mol. The number of primary amides is 1. The van der Waals surface area contributed by atoms with Gasteiger partial charge in [0.2, 0.25) is 5.91 Å². The minimum Gasteiger partial charge on any atom is -0.377 e. The molecule has 1 saturated carbocycles. The smallest absolute Gasteiger partial charge is 0.377 e. The molecule has 1 aliphatic carbocycles. The summed E-state index contributed by atoms with van der Waals surface area (Å²) in [4.78, 5) is 11.9. The fraction of sp³-hybridized carbons (Fsp3) is 0.588. The Morgan fingerprint density at radius 1 is 1.26 bits per heavy atom. The number of amides is 1. The van der Waals surface area contributed by atoms with Gasteiger partial charge in [-0.15, -0.1) is 0 Å². The molecule has 0 atom stereocenters. The van der Waals surface area contributed by atoms with Crippen molar-refractivity contribution in [2.45, 2.75) is 51.3 Å². The van der Waals surface area contributed by atoms with E-state index in [1.54, 1.807) is 12.1 Å². The molecule has 1 aliphatic rings. The summed E-state index contributed by atoms with van der Waals surface area (Å²) in [5, 5.41) is 0. The molecule has 2 N–H and O–H groups in total. The number of benzene rings is 1. The lowest BCUT2D eigenvalue weighted by Gasteiger charge is -2.31. The number of halogens is 3. The maximum absolute atomic E-state index is 12.8. The van der Waals surface area contributed by atoms with Crippen molar-refractivity contribution in [2.75, 3.05) is 6.61 Å². The SMILES string of the molecule is CCOCc1cccc(C2CCC(C(F)(F)F)CC2)c1C(N)=O. The summed E-state index contributed by atoms with van der Waals surface area (Å²) in [5.41, 5.74) is 7.39. The summed E-state index contributed by atoms with van der Waals surface area (Å²) in [5.74, 6) is -1.84. The fourth-order valence-corrected chi connectivity index (χ4v) is 3.32. The van der Waals surface area contributed by atoms with Crippen LogP contribution in [-0.4, -0.2) is 18.7 Å². The van der Waals surface area contributed by atoms with Crippen molar-refractivity contribution in [1.29, 1.82) is 0 Å². The second kappa shape index (κ2) is 7.34. The molecule has 2 rings (SSSR count). The summed E-state index contributed by atoms with van der Waals surface area (Å²) in [6.45, 7) is 2.64. The van der Waals surface area contributed by atoms with Crippen molar-refractivity contribution in [3.8, 4) is 0 Å². The predicted molar refractivity (Wildman–Crippen MR) is 81.0 cm³/mol. The number of hydrogen-bond donors (Lipinski definition) is 1. The molecule has 1 amide bonds. The Bertz CT molecular complexity index is 549. The van der Waals surface area contributed by atoms with Crippen LogP contribution in [0.1, 0.15) is 60.0 Å². The molecule has 1 aromatic rings. The molecule has 3 nitrogen and oxygen atoms in total. The van der Waals surface area contributed by atoms with Crippen LogP contribution in [0.15, 0.2) is 18.2 Å². The van der Waals surface area contributed by atoms with Gasteiger partial charge in [0.05, 0.1) is 12.5 Å². The molecule has 0 saturated heterocycles. The van der Waals surface area contributed by atoms with Gasteiger partial charge in [0, 0.05) is 12.2 Å². The monoisotopic (exact) mass is 329 g/mol. The van der Waals surface area contributed by atoms with Crippen LogP contribution < -0.4 is 5.73 Å². The molecule has 128 valence electrons. The number of alkyl halides is 3. The zero-order chi connectivity index (χ0) is 17.0. The Balaban J connectivity index is 2.21. The maximum atomic E-state index is 12.8. The Morgan fingerprint density at radius 3 is 2.43 bits per heavy atom. The fourth-order valence-electron chi connectivity index (χ4n) is 3.32. The predicted octanol–water partition coefficient (Wildman–Crippen LogP) is 4.16. The molecule has 6 heteroatoms. The first-order chi connectivity index (χ1) is 10.8. The number of rotatable bonds is 5. The first-order valence-electron chi connectivity index (χ1n) is 7.90. The van der Waals surface area contributed by atoms with Crippen LogP contribution in [0.2, 0.25) is 0 Å². The van der Waals surface area contributed by atoms with Gasteiger partial charge in [0.25, 0.3) is 0 Å². The molecule has 1 fully saturated rings. The van der Waals surface area contributed by atoms with E-state index in [1.165, 1.54) is 0 Å². The number of hydrogen-bond acceptors (Lipinski definition) is 2. The van der Waals surface area contributed by atoms with Gasteiger partial charge in [-0.3, -0.25) is 4.79 Å². The molecule has 1 aromatic carbocycles. The third-order valence-corrected chi connectivity index (χ3v) is 4.52. The standard InChI is InChI=1S/C17H22F3NO2/c1-2-23-10-12-4-3-5-14(15(12)16(21)22)11-6-8-13(9-7-11)17(18,19)20/h3-5,11,13H,2,6-10H2,1H3,(H2,21,22). The highest BCUT2D eigenvalue weighted by Gasteiger charge is 2.41. The van der Waals surface area contributed by atoms with Crippen LogP contribution in [0.4, 0.5) is 13.2 Å². The van der Waals surface area contributed by atoms with Gasteiger partial charge in [-0.25, -0.2) is 0 Å². The lowest BCUT2D eigenvalue weighted by Crippen LogP contribution is -2.28. The van der Waals surface area contributed by atoms with Crippen molar-refractivity contribution in [3.63, 3.8) is 0 Å². The van der Waals surface area contributed by atoms with E-state index in [1.807, 2.05) is 13.0 Å². The Hall–Kier alpha value is -1.56. The molecule has 0 aromatic heterocycles. The van der Waals surface area contributed by atoms with Gasteiger partial charge in [-0.05, 0) is 49.7 Å². The second-order valence-electron chi connectivity index (χ2n) is 5.97. The van der Waals surface area contributed by atoms with Crippen LogP contribution in [0.3, 0.4) is 0 Å². The summed E-state index contributed by atoms with van der Waals surface area (Å²) in [7, 11) is 0. The van der Waals surface area contributed by atoms with Crippen molar-refractivity contribution in [1.82, 2.24) is 0 Å². The topological polar surface area (TPSA) is 52.3 Å². The highest BCUT2D eigenvalue weighted by atomic mass is 19.4. The van der Waals surface area contributed by atoms with E-state index in [-0.39, 0.29) is 25.4 Å². The Labute approximate surface area is 134 Å². The highest BCUT2D eigenvalue weighted by Crippen LogP contribution is 2.43. The lowest BCUT2D eigenvalue weighted by molar-refractivity contribution is -0.182. The molecule has 0 spiro atoms. The van der Waals surface area contributed by atoms with Crippen molar-refractivity contribution < 1.29 is 22.7 Å². The normalized spacial score (nSPS) is 22.1. The van der Waals surface area contributed by atoms with E-state index >= 15 is 0 Å². The highest BCUT2D eigenvalue weighted by molar-refractivity contribution is 5.96. The average Bonchev–Trinajstić information content (AvgIpc) is 2.51. The van der Waals surface area contributed by atoms with Gasteiger partial charge in [-0.2, -0.15) is 13.2 Å². The Morgan fingerprint density at radius 2 is 1.91 bits per heavy atom. The minimum atomic E-state index is -4.13. The van der Waals surface area contributed by atoms with Crippen molar-refractivity contribution in [2.24, 2.45) is 11.7 Å². The molecule has 0 heterocycles. The summed E-state index contributed by atoms with van der Waals surface area (Å²) < 4.78 is 43.7. The van der Waals surface area contributed by atoms with Gasteiger partial charge in [-0.1, -0.05) is 18.2 Å². The van der Waals surface area contributed by atoms with Crippen molar-refractivity contribution in [3.05, 3.63) is 34.9 Å². The Kier molecular flexibility index (Phi) is 5.68. The van der Waals surface area contributed by atoms with E-state index in [2.05, 4.69) is 0 Å². The van der Waals surface area contributed by atoms with Gasteiger partial charge < -0.3 is 10.5 Å². The number of ether oxygens (including phenoxy) is 1. The van der Waals surface area contributed by atoms with Gasteiger partial charge in [0.15, 0.2) is 0 Å². The van der Waals surface area contributed by atoms with Crippen LogP contribution >= 0.6 is 0 Å². The molecule has 0 unspecified atom stereocenters. The van der Waals surface area contributed by atoms with E-state index in [0.717, 1.165) is 5.56 Å². The van der Waals surface area contributed by atoms with Crippen LogP contribution in [-0.2, 0) is 11.3 Å². The van der Waals surface area contributed by atoms with Gasteiger partial charge >= 0.3 is 6.18 Å². The summed E-state index contributed by atoms with van der Waals surface area (Å²) >= 11 is 0. The van der Waals surface area contributed by atoms with Crippen LogP contribution in [0.25, 0.3) is 0 Å². The van der Waals surface area contributed by atoms with E-state index < -0.39 is 18.0 Å². The van der Waals surface area contributed by atoms with E-state index in [4.69, 9.17) is 10.5 Å². The number of carbonyl (C=O) groups is 1. The third-order valence-electron chi connectivity index (χ3n) is 4.52. The third kappa shape index (κ3) is 4.25. The zero-order valence-corrected chi connectivity index (χ0v) is 13.2. The van der Waals surface area contributed by atoms with Gasteiger partial charge in [0.1, 0.15) is 0 Å². The number of carbonyl (C=O) groups excluding carboxylic acids is 1. The molecule has 0 bridgehead atoms. The number of nitrogens with two attached hydrogens (primary N) is 1. The first kappa shape index (κ1) is 17.8. The largest absolute Gasteiger partial charge is 0.391 e. The second-order valence-corrected chi connectivity index (χ2v) is 5.97. The average molecular weight is 329 g/mol. The quantitative estimate of drug-likeness (QED) is 0.882. The van der Waals surface area contributed by atoms with Crippen LogP contribution in [0, 0.1) is 5.92 Å². The van der Waals surface area contributed by atoms with Crippen molar-refractivity contribution >= 4 is 5.91 Å². The first-order valence-corrected chi connectivity index (χ1v) is 7.90. The summed E-state index contributed by atoms with van der Waals surface area (Å²) in [6, 6.07) is 5.39. The maximum Gasteiger partial charge on any atom is 0.391 e. The molecule has 0 radical (unpaired) electrons. The molecular formula is C17H22F3NO2. The lowest BCUT2D eigenvalue weighted by atomic mass is 9.76.